The highest BCUT2D eigenvalue weighted by Gasteiger charge is 2.29. The van der Waals surface area contributed by atoms with Gasteiger partial charge in [0.05, 0.1) is 26.4 Å². The Bertz CT molecular complexity index is 821. The lowest BCUT2D eigenvalue weighted by molar-refractivity contribution is 0.236. The van der Waals surface area contributed by atoms with Crippen LogP contribution in [0.1, 0.15) is 52.2 Å². The average Bonchev–Trinajstić information content (AvgIpc) is 3.35. The molecule has 0 saturated carbocycles. The summed E-state index contributed by atoms with van der Waals surface area (Å²) in [4.78, 5) is 8.70. The lowest BCUT2D eigenvalue weighted by atomic mass is 10.2. The van der Waals surface area contributed by atoms with Crippen LogP contribution in [0.3, 0.4) is 0 Å². The van der Waals surface area contributed by atoms with E-state index in [1.165, 1.54) is 0 Å². The second kappa shape index (κ2) is 13.9. The predicted octanol–water partition coefficient (Wildman–Crippen LogP) is 5.03. The maximum Gasteiger partial charge on any atom is 0.396 e. The van der Waals surface area contributed by atoms with Crippen molar-refractivity contribution in [3.05, 3.63) is 11.6 Å². The van der Waals surface area contributed by atoms with E-state index in [0.717, 1.165) is 35.6 Å². The molecule has 2 rings (SSSR count). The lowest BCUT2D eigenvalue weighted by Crippen LogP contribution is -1.94. The summed E-state index contributed by atoms with van der Waals surface area (Å²) in [5.41, 5.74) is 0. The molecule has 0 fully saturated rings. The van der Waals surface area contributed by atoms with Gasteiger partial charge in [0.25, 0.3) is 0 Å². The molecule has 0 bridgehead atoms. The summed E-state index contributed by atoms with van der Waals surface area (Å²) in [6.07, 6.45) is 2.99. The van der Waals surface area contributed by atoms with Crippen LogP contribution >= 0.6 is 36.4 Å². The van der Waals surface area contributed by atoms with Crippen LogP contribution in [0.25, 0.3) is 0 Å². The van der Waals surface area contributed by atoms with Crippen molar-refractivity contribution in [2.75, 3.05) is 26.4 Å². The standard InChI is InChI=1S/C16H30N6O6P2S2/c1-5-25-29(23,26-6-2)31-15-17-13(19-21-15)11-9-10-12-14-18-16(22-20-14)32-30(24,27-7-3)28-8-4/h5-12H2,1-4H3,(H,17,19,21)(H,18,20,22). The summed E-state index contributed by atoms with van der Waals surface area (Å²) in [7, 11) is 0. The molecule has 32 heavy (non-hydrogen) atoms. The molecule has 0 aliphatic rings. The van der Waals surface area contributed by atoms with Gasteiger partial charge in [0, 0.05) is 35.6 Å². The minimum Gasteiger partial charge on any atom is -0.301 e. The first kappa shape index (κ1) is 27.5. The van der Waals surface area contributed by atoms with Crippen molar-refractivity contribution < 1.29 is 27.2 Å². The molecular weight excluding hydrogens is 498 g/mol. The number of nitrogens with one attached hydrogen (secondary N) is 2. The Balaban J connectivity index is 1.79. The molecule has 2 aromatic heterocycles. The SMILES string of the molecule is CCOP(=O)(OCC)Sc1n[nH]c(CCCCc2nc(SP(=O)(OCC)OCC)n[nH]2)n1. The van der Waals surface area contributed by atoms with Gasteiger partial charge in [0.15, 0.2) is 0 Å². The maximum absolute atomic E-state index is 12.5. The number of aryl methyl sites for hydroxylation is 2. The van der Waals surface area contributed by atoms with E-state index in [2.05, 4.69) is 30.4 Å². The molecule has 0 aromatic carbocycles. The van der Waals surface area contributed by atoms with Crippen LogP contribution in [0.4, 0.5) is 0 Å². The fourth-order valence-corrected chi connectivity index (χ4v) is 8.55. The molecule has 12 nitrogen and oxygen atoms in total. The summed E-state index contributed by atoms with van der Waals surface area (Å²) >= 11 is 1.80. The van der Waals surface area contributed by atoms with Gasteiger partial charge in [-0.1, -0.05) is 0 Å². The highest BCUT2D eigenvalue weighted by Crippen LogP contribution is 2.63. The monoisotopic (exact) mass is 528 g/mol. The summed E-state index contributed by atoms with van der Waals surface area (Å²) < 4.78 is 46.1. The zero-order valence-electron chi connectivity index (χ0n) is 18.6. The molecule has 0 aliphatic heterocycles. The molecule has 0 unspecified atom stereocenters. The molecule has 2 heterocycles. The van der Waals surface area contributed by atoms with Gasteiger partial charge >= 0.3 is 13.6 Å². The van der Waals surface area contributed by atoms with E-state index >= 15 is 0 Å². The predicted molar refractivity (Wildman–Crippen MR) is 123 cm³/mol. The van der Waals surface area contributed by atoms with Crippen LogP contribution in [0, 0.1) is 0 Å². The molecule has 0 saturated heterocycles. The number of hydrogen-bond donors (Lipinski definition) is 2. The Hall–Kier alpha value is -0.720. The van der Waals surface area contributed by atoms with Crippen LogP contribution in [-0.2, 0) is 40.1 Å². The van der Waals surface area contributed by atoms with Crippen LogP contribution in [-0.4, -0.2) is 56.8 Å². The van der Waals surface area contributed by atoms with E-state index in [1.807, 2.05) is 0 Å². The first-order chi connectivity index (χ1) is 15.3. The average molecular weight is 529 g/mol. The van der Waals surface area contributed by atoms with Crippen LogP contribution in [0.5, 0.6) is 0 Å². The highest BCUT2D eigenvalue weighted by molar-refractivity contribution is 8.55. The molecule has 2 aromatic rings. The first-order valence-corrected chi connectivity index (χ1v) is 16.3. The third kappa shape index (κ3) is 9.26. The smallest absolute Gasteiger partial charge is 0.301 e. The van der Waals surface area contributed by atoms with E-state index in [0.29, 0.717) is 34.8 Å². The third-order valence-electron chi connectivity index (χ3n) is 3.64. The molecule has 182 valence electrons. The van der Waals surface area contributed by atoms with Gasteiger partial charge in [-0.15, -0.1) is 10.2 Å². The number of rotatable bonds is 17. The van der Waals surface area contributed by atoms with Gasteiger partial charge in [-0.05, 0) is 40.5 Å². The summed E-state index contributed by atoms with van der Waals surface area (Å²) in [6.45, 7) is 1.50. The Labute approximate surface area is 195 Å². The highest BCUT2D eigenvalue weighted by atomic mass is 32.7. The maximum atomic E-state index is 12.5. The number of aromatic amines is 2. The molecular formula is C16H30N6O6P2S2. The van der Waals surface area contributed by atoms with Crippen molar-refractivity contribution >= 4 is 36.4 Å². The fourth-order valence-electron chi connectivity index (χ4n) is 2.46. The molecule has 0 atom stereocenters. The van der Waals surface area contributed by atoms with Gasteiger partial charge in [-0.2, -0.15) is 0 Å². The lowest BCUT2D eigenvalue weighted by Gasteiger charge is -2.13. The minimum atomic E-state index is -3.31. The van der Waals surface area contributed by atoms with Crippen molar-refractivity contribution in [1.82, 2.24) is 30.4 Å². The number of H-pyrrole nitrogens is 2. The van der Waals surface area contributed by atoms with Gasteiger partial charge in [0.1, 0.15) is 11.6 Å². The number of hydrogen-bond acceptors (Lipinski definition) is 12. The molecule has 2 N–H and O–H groups in total. The quantitative estimate of drug-likeness (QED) is 0.209. The first-order valence-electron chi connectivity index (χ1n) is 10.3. The molecule has 0 aliphatic carbocycles. The van der Waals surface area contributed by atoms with Crippen molar-refractivity contribution in [3.8, 4) is 0 Å². The Morgan fingerprint density at radius 2 is 1.03 bits per heavy atom. The van der Waals surface area contributed by atoms with Gasteiger partial charge in [0.2, 0.25) is 10.3 Å². The topological polar surface area (TPSA) is 154 Å². The van der Waals surface area contributed by atoms with Crippen LogP contribution in [0.2, 0.25) is 0 Å². The summed E-state index contributed by atoms with van der Waals surface area (Å²) in [5, 5.41) is 14.5. The molecule has 0 amide bonds. The van der Waals surface area contributed by atoms with E-state index in [9.17, 15) is 9.13 Å². The minimum absolute atomic E-state index is 0.276. The van der Waals surface area contributed by atoms with Crippen LogP contribution in [0.15, 0.2) is 10.3 Å². The Kier molecular flexibility index (Phi) is 11.9. The van der Waals surface area contributed by atoms with E-state index in [1.54, 1.807) is 27.7 Å². The number of aromatic nitrogens is 6. The number of unbranched alkanes of at least 4 members (excludes halogenated alkanes) is 1. The molecule has 16 heteroatoms. The van der Waals surface area contributed by atoms with Crippen LogP contribution < -0.4 is 0 Å². The largest absolute Gasteiger partial charge is 0.396 e. The second-order valence-electron chi connectivity index (χ2n) is 6.08. The van der Waals surface area contributed by atoms with E-state index in [4.69, 9.17) is 18.1 Å². The summed E-state index contributed by atoms with van der Waals surface area (Å²) in [6, 6.07) is 0. The van der Waals surface area contributed by atoms with E-state index in [-0.39, 0.29) is 26.4 Å². The summed E-state index contributed by atoms with van der Waals surface area (Å²) in [5.74, 6) is 1.38. The molecule has 0 radical (unpaired) electrons. The second-order valence-corrected chi connectivity index (χ2v) is 13.8. The fraction of sp³-hybridized carbons (Fsp3) is 0.750. The zero-order valence-corrected chi connectivity index (χ0v) is 22.0. The van der Waals surface area contributed by atoms with Gasteiger partial charge < -0.3 is 18.1 Å². The van der Waals surface area contributed by atoms with Gasteiger partial charge in [-0.3, -0.25) is 10.2 Å². The number of nitrogens with zero attached hydrogens (tertiary/aromatic N) is 4. The van der Waals surface area contributed by atoms with Gasteiger partial charge in [-0.25, -0.2) is 19.1 Å². The van der Waals surface area contributed by atoms with Crippen molar-refractivity contribution in [3.63, 3.8) is 0 Å². The van der Waals surface area contributed by atoms with Crippen molar-refractivity contribution in [2.45, 2.75) is 63.7 Å². The van der Waals surface area contributed by atoms with E-state index < -0.39 is 13.6 Å². The zero-order chi connectivity index (χ0) is 23.5. The normalized spacial score (nSPS) is 12.5. The third-order valence-corrected chi connectivity index (χ3v) is 10.7. The van der Waals surface area contributed by atoms with Crippen molar-refractivity contribution in [1.29, 1.82) is 0 Å². The Morgan fingerprint density at radius 3 is 1.34 bits per heavy atom. The molecule has 0 spiro atoms. The Morgan fingerprint density at radius 1 is 0.688 bits per heavy atom. The van der Waals surface area contributed by atoms with Crippen molar-refractivity contribution in [2.24, 2.45) is 0 Å².